The number of hydrogen-bond acceptors (Lipinski definition) is 5. The summed E-state index contributed by atoms with van der Waals surface area (Å²) >= 11 is 0. The molecule has 0 fully saturated rings. The average molecular weight is 337 g/mol. The number of halogens is 1. The maximum Gasteiger partial charge on any atom is 0.322 e. The van der Waals surface area contributed by atoms with Gasteiger partial charge in [-0.15, -0.1) is 12.4 Å². The largest absolute Gasteiger partial charge is 0.424 e. The second kappa shape index (κ2) is 9.76. The summed E-state index contributed by atoms with van der Waals surface area (Å²) in [6, 6.07) is 9.25. The number of anilines is 1. The molecule has 1 amide bonds. The van der Waals surface area contributed by atoms with Crippen molar-refractivity contribution in [2.45, 2.75) is 19.8 Å². The van der Waals surface area contributed by atoms with Gasteiger partial charge in [-0.3, -0.25) is 4.79 Å². The summed E-state index contributed by atoms with van der Waals surface area (Å²) < 4.78 is 5.56. The van der Waals surface area contributed by atoms with Crippen molar-refractivity contribution in [3.05, 3.63) is 42.2 Å². The van der Waals surface area contributed by atoms with Gasteiger partial charge in [0.2, 0.25) is 5.91 Å². The molecule has 6 nitrogen and oxygen atoms in total. The number of aromatic nitrogens is 2. The van der Waals surface area contributed by atoms with E-state index in [4.69, 9.17) is 4.74 Å². The van der Waals surface area contributed by atoms with Crippen molar-refractivity contribution in [3.8, 4) is 11.8 Å². The lowest BCUT2D eigenvalue weighted by Crippen LogP contribution is -2.15. The van der Waals surface area contributed by atoms with Gasteiger partial charge in [-0.25, -0.2) is 9.97 Å². The molecule has 0 aliphatic carbocycles. The van der Waals surface area contributed by atoms with Crippen LogP contribution in [0.3, 0.4) is 0 Å². The first-order valence-electron chi connectivity index (χ1n) is 7.19. The Balaban J connectivity index is 0.00000264. The maximum atomic E-state index is 11.7. The summed E-state index contributed by atoms with van der Waals surface area (Å²) in [5, 5.41) is 5.86. The van der Waals surface area contributed by atoms with Crippen LogP contribution in [0.2, 0.25) is 0 Å². The zero-order chi connectivity index (χ0) is 15.8. The number of carbonyl (C=O) groups excluding carboxylic acids is 1. The first-order chi connectivity index (χ1) is 10.7. The van der Waals surface area contributed by atoms with E-state index in [9.17, 15) is 4.79 Å². The van der Waals surface area contributed by atoms with Gasteiger partial charge in [-0.2, -0.15) is 0 Å². The van der Waals surface area contributed by atoms with Crippen molar-refractivity contribution in [2.24, 2.45) is 0 Å². The van der Waals surface area contributed by atoms with Crippen LogP contribution in [0.15, 0.2) is 36.5 Å². The summed E-state index contributed by atoms with van der Waals surface area (Å²) in [5.41, 5.74) is 1.59. The number of nitrogens with one attached hydrogen (secondary N) is 2. The van der Waals surface area contributed by atoms with Crippen LogP contribution in [0, 0.1) is 6.92 Å². The van der Waals surface area contributed by atoms with Crippen molar-refractivity contribution in [1.29, 1.82) is 0 Å². The Hall–Kier alpha value is -2.18. The molecule has 0 spiro atoms. The molecule has 1 aromatic heterocycles. The number of aryl methyl sites for hydroxylation is 1. The predicted molar refractivity (Wildman–Crippen MR) is 92.3 cm³/mol. The van der Waals surface area contributed by atoms with Crippen molar-refractivity contribution in [3.63, 3.8) is 0 Å². The molecule has 7 heteroatoms. The van der Waals surface area contributed by atoms with Gasteiger partial charge >= 0.3 is 6.01 Å². The molecule has 0 radical (unpaired) electrons. The molecule has 0 saturated carbocycles. The third-order valence-electron chi connectivity index (χ3n) is 2.95. The monoisotopic (exact) mass is 336 g/mol. The third-order valence-corrected chi connectivity index (χ3v) is 2.95. The predicted octanol–water partition coefficient (Wildman–Crippen LogP) is 2.94. The van der Waals surface area contributed by atoms with Crippen molar-refractivity contribution < 1.29 is 9.53 Å². The summed E-state index contributed by atoms with van der Waals surface area (Å²) in [6.07, 6.45) is 2.96. The van der Waals surface area contributed by atoms with Crippen LogP contribution >= 0.6 is 12.4 Å². The van der Waals surface area contributed by atoms with E-state index >= 15 is 0 Å². The molecule has 0 atom stereocenters. The third kappa shape index (κ3) is 6.63. The van der Waals surface area contributed by atoms with E-state index < -0.39 is 0 Å². The van der Waals surface area contributed by atoms with Crippen molar-refractivity contribution >= 4 is 24.0 Å². The number of rotatable bonds is 7. The summed E-state index contributed by atoms with van der Waals surface area (Å²) in [6.45, 7) is 2.71. The minimum atomic E-state index is 0. The van der Waals surface area contributed by atoms with E-state index in [1.807, 2.05) is 14.0 Å². The van der Waals surface area contributed by atoms with Crippen LogP contribution in [-0.4, -0.2) is 29.5 Å². The molecule has 0 saturated heterocycles. The quantitative estimate of drug-likeness (QED) is 0.760. The molecular formula is C16H21ClN4O2. The molecule has 1 aromatic carbocycles. The van der Waals surface area contributed by atoms with E-state index in [2.05, 4.69) is 20.6 Å². The summed E-state index contributed by atoms with van der Waals surface area (Å²) in [5.74, 6) is 0.629. The zero-order valence-electron chi connectivity index (χ0n) is 13.2. The minimum absolute atomic E-state index is 0. The minimum Gasteiger partial charge on any atom is -0.424 e. The molecule has 2 aromatic rings. The fourth-order valence-electron chi connectivity index (χ4n) is 1.84. The average Bonchev–Trinajstić information content (AvgIpc) is 2.50. The highest BCUT2D eigenvalue weighted by molar-refractivity contribution is 5.90. The highest BCUT2D eigenvalue weighted by Gasteiger charge is 2.04. The van der Waals surface area contributed by atoms with Crippen LogP contribution in [0.1, 0.15) is 18.5 Å². The molecule has 0 aliphatic heterocycles. The number of ether oxygens (including phenoxy) is 1. The van der Waals surface area contributed by atoms with Crippen LogP contribution in [0.25, 0.3) is 0 Å². The molecule has 124 valence electrons. The zero-order valence-corrected chi connectivity index (χ0v) is 14.0. The topological polar surface area (TPSA) is 76.1 Å². The van der Waals surface area contributed by atoms with Gasteiger partial charge < -0.3 is 15.4 Å². The lowest BCUT2D eigenvalue weighted by Gasteiger charge is -2.07. The van der Waals surface area contributed by atoms with Crippen LogP contribution in [0.4, 0.5) is 5.69 Å². The Bertz CT molecular complexity index is 620. The van der Waals surface area contributed by atoms with Crippen LogP contribution in [-0.2, 0) is 4.79 Å². The number of carbonyl (C=O) groups is 1. The second-order valence-electron chi connectivity index (χ2n) is 4.86. The Kier molecular flexibility index (Phi) is 8.01. The Morgan fingerprint density at radius 1 is 1.22 bits per heavy atom. The van der Waals surface area contributed by atoms with Gasteiger partial charge in [-0.1, -0.05) is 0 Å². The normalized spacial score (nSPS) is 9.83. The van der Waals surface area contributed by atoms with Gasteiger partial charge in [0, 0.05) is 24.0 Å². The molecule has 2 N–H and O–H groups in total. The molecule has 2 rings (SSSR count). The van der Waals surface area contributed by atoms with Gasteiger partial charge in [0.05, 0.1) is 0 Å². The number of nitrogens with zero attached hydrogens (tertiary/aromatic N) is 2. The van der Waals surface area contributed by atoms with Gasteiger partial charge in [0.1, 0.15) is 5.75 Å². The van der Waals surface area contributed by atoms with E-state index in [1.165, 1.54) is 0 Å². The number of hydrogen-bond donors (Lipinski definition) is 2. The number of amides is 1. The summed E-state index contributed by atoms with van der Waals surface area (Å²) in [7, 11) is 1.87. The Morgan fingerprint density at radius 2 is 1.96 bits per heavy atom. The molecule has 0 bridgehead atoms. The van der Waals surface area contributed by atoms with Gasteiger partial charge in [0.25, 0.3) is 0 Å². The Labute approximate surface area is 142 Å². The van der Waals surface area contributed by atoms with Gasteiger partial charge in [-0.05, 0) is 57.3 Å². The molecule has 23 heavy (non-hydrogen) atoms. The fraction of sp³-hybridized carbons (Fsp3) is 0.312. The lowest BCUT2D eigenvalue weighted by molar-refractivity contribution is -0.116. The maximum absolute atomic E-state index is 11.7. The molecule has 0 unspecified atom stereocenters. The van der Waals surface area contributed by atoms with E-state index in [-0.39, 0.29) is 18.3 Å². The van der Waals surface area contributed by atoms with Gasteiger partial charge in [0.15, 0.2) is 0 Å². The summed E-state index contributed by atoms with van der Waals surface area (Å²) in [4.78, 5) is 19.9. The van der Waals surface area contributed by atoms with E-state index in [0.717, 1.165) is 24.3 Å². The highest BCUT2D eigenvalue weighted by Crippen LogP contribution is 2.20. The smallest absolute Gasteiger partial charge is 0.322 e. The van der Waals surface area contributed by atoms with E-state index in [1.54, 1.807) is 36.5 Å². The van der Waals surface area contributed by atoms with Crippen LogP contribution < -0.4 is 15.4 Å². The highest BCUT2D eigenvalue weighted by atomic mass is 35.5. The SMILES string of the molecule is CNCCCC(=O)Nc1ccc(Oc2nccc(C)n2)cc1.Cl. The van der Waals surface area contributed by atoms with Crippen molar-refractivity contribution in [1.82, 2.24) is 15.3 Å². The van der Waals surface area contributed by atoms with E-state index in [0.29, 0.717) is 18.2 Å². The molecule has 1 heterocycles. The lowest BCUT2D eigenvalue weighted by atomic mass is 10.2. The first kappa shape index (κ1) is 18.9. The Morgan fingerprint density at radius 3 is 2.61 bits per heavy atom. The molecule has 0 aliphatic rings. The standard InChI is InChI=1S/C16H20N4O2.ClH/c1-12-9-11-18-16(19-12)22-14-7-5-13(6-8-14)20-15(21)4-3-10-17-2;/h5-9,11,17H,3-4,10H2,1-2H3,(H,20,21);1H. The van der Waals surface area contributed by atoms with Crippen molar-refractivity contribution in [2.75, 3.05) is 18.9 Å². The second-order valence-corrected chi connectivity index (χ2v) is 4.86. The fourth-order valence-corrected chi connectivity index (χ4v) is 1.84. The van der Waals surface area contributed by atoms with Crippen LogP contribution in [0.5, 0.6) is 11.8 Å². The molecular weight excluding hydrogens is 316 g/mol. The first-order valence-corrected chi connectivity index (χ1v) is 7.19. The number of benzene rings is 1.